The number of anilines is 2. The minimum absolute atomic E-state index is 0.188. The molecule has 0 unspecified atom stereocenters. The highest BCUT2D eigenvalue weighted by molar-refractivity contribution is 6.30. The zero-order valence-corrected chi connectivity index (χ0v) is 17.2. The molecule has 0 amide bonds. The summed E-state index contributed by atoms with van der Waals surface area (Å²) >= 11 is 0. The summed E-state index contributed by atoms with van der Waals surface area (Å²) in [6.07, 6.45) is 0. The van der Waals surface area contributed by atoms with Crippen LogP contribution in [0.4, 0.5) is 11.4 Å². The van der Waals surface area contributed by atoms with Gasteiger partial charge < -0.3 is 19.5 Å². The third-order valence-corrected chi connectivity index (χ3v) is 5.59. The molecule has 0 spiro atoms. The molecule has 6 nitrogen and oxygen atoms in total. The maximum Gasteiger partial charge on any atom is 0.148 e. The van der Waals surface area contributed by atoms with E-state index in [1.807, 2.05) is 41.3 Å². The molecule has 3 aromatic rings. The van der Waals surface area contributed by atoms with Gasteiger partial charge in [0.05, 0.1) is 23.2 Å². The van der Waals surface area contributed by atoms with E-state index in [1.165, 1.54) is 0 Å². The van der Waals surface area contributed by atoms with Crippen molar-refractivity contribution in [3.63, 3.8) is 0 Å². The van der Waals surface area contributed by atoms with Gasteiger partial charge in [0.2, 0.25) is 0 Å². The van der Waals surface area contributed by atoms with E-state index < -0.39 is 0 Å². The van der Waals surface area contributed by atoms with E-state index in [2.05, 4.69) is 42.4 Å². The summed E-state index contributed by atoms with van der Waals surface area (Å²) in [5.74, 6) is 1.12. The molecule has 0 saturated heterocycles. The first-order valence-corrected chi connectivity index (χ1v) is 10.2. The Morgan fingerprint density at radius 3 is 2.38 bits per heavy atom. The summed E-state index contributed by atoms with van der Waals surface area (Å²) in [6.45, 7) is 9.25. The third kappa shape index (κ3) is 3.14. The Morgan fingerprint density at radius 1 is 1.03 bits per heavy atom. The average Bonchev–Trinajstić information content (AvgIpc) is 3.25. The number of amidine groups is 1. The van der Waals surface area contributed by atoms with Crippen LogP contribution in [0, 0.1) is 5.41 Å². The fraction of sp³-hybridized carbons (Fsp3) is 0.304. The molecule has 150 valence electrons. The van der Waals surface area contributed by atoms with Gasteiger partial charge in [0, 0.05) is 31.0 Å². The van der Waals surface area contributed by atoms with Gasteiger partial charge in [0.15, 0.2) is 0 Å². The van der Waals surface area contributed by atoms with Crippen LogP contribution < -0.4 is 9.80 Å². The number of hydrogen-bond acceptors (Lipinski definition) is 4. The lowest BCUT2D eigenvalue weighted by Crippen LogP contribution is -2.27. The third-order valence-electron chi connectivity index (χ3n) is 5.59. The highest BCUT2D eigenvalue weighted by Gasteiger charge is 2.32. The van der Waals surface area contributed by atoms with Crippen LogP contribution in [0.3, 0.4) is 0 Å². The molecule has 0 fully saturated rings. The quantitative estimate of drug-likeness (QED) is 0.643. The number of aliphatic hydroxyl groups excluding tert-OH is 1. The molecule has 0 bridgehead atoms. The molecular formula is C23H27N5O. The van der Waals surface area contributed by atoms with Crippen LogP contribution in [0.15, 0.2) is 54.3 Å². The summed E-state index contributed by atoms with van der Waals surface area (Å²) in [7, 11) is 0. The summed E-state index contributed by atoms with van der Waals surface area (Å²) in [4.78, 5) is 8.84. The lowest BCUT2D eigenvalue weighted by atomic mass is 10.2. The van der Waals surface area contributed by atoms with Crippen molar-refractivity contribution in [2.75, 3.05) is 29.4 Å². The van der Waals surface area contributed by atoms with E-state index in [1.54, 1.807) is 0 Å². The first kappa shape index (κ1) is 19.1. The molecule has 0 saturated carbocycles. The number of nitrogens with one attached hydrogen (secondary N) is 1. The molecule has 2 N–H and O–H groups in total. The lowest BCUT2D eigenvalue weighted by molar-refractivity contribution is 0.411. The first-order valence-electron chi connectivity index (χ1n) is 10.2. The number of hydrogen-bond donors (Lipinski definition) is 2. The largest absolute Gasteiger partial charge is 0.509 e. The molecule has 0 radical (unpaired) electrons. The lowest BCUT2D eigenvalue weighted by Gasteiger charge is -2.23. The number of nitrogens with zero attached hydrogens (tertiary/aromatic N) is 4. The number of rotatable bonds is 6. The predicted octanol–water partition coefficient (Wildman–Crippen LogP) is 4.67. The molecule has 4 rings (SSSR count). The second kappa shape index (κ2) is 7.62. The number of fused-ring (bicyclic) bond motifs is 1. The van der Waals surface area contributed by atoms with E-state index in [0.29, 0.717) is 11.4 Å². The predicted molar refractivity (Wildman–Crippen MR) is 120 cm³/mol. The van der Waals surface area contributed by atoms with Crippen molar-refractivity contribution in [3.8, 4) is 0 Å². The van der Waals surface area contributed by atoms with Crippen molar-refractivity contribution in [2.24, 2.45) is 0 Å². The van der Waals surface area contributed by atoms with Crippen LogP contribution in [0.5, 0.6) is 0 Å². The molecular weight excluding hydrogens is 362 g/mol. The average molecular weight is 390 g/mol. The topological polar surface area (TPSA) is 68.4 Å². The summed E-state index contributed by atoms with van der Waals surface area (Å²) in [5.41, 5.74) is 4.46. The number of benzene rings is 2. The van der Waals surface area contributed by atoms with Gasteiger partial charge >= 0.3 is 0 Å². The van der Waals surface area contributed by atoms with Crippen molar-refractivity contribution in [1.82, 2.24) is 9.55 Å². The minimum atomic E-state index is 0.188. The number of para-hydroxylation sites is 2. The summed E-state index contributed by atoms with van der Waals surface area (Å²) in [5, 5.41) is 19.5. The molecule has 1 aliphatic heterocycles. The second-order valence-electron chi connectivity index (χ2n) is 7.11. The minimum Gasteiger partial charge on any atom is -0.509 e. The Bertz CT molecular complexity index is 1080. The van der Waals surface area contributed by atoms with Crippen molar-refractivity contribution in [3.05, 3.63) is 60.1 Å². The fourth-order valence-electron chi connectivity index (χ4n) is 4.05. The number of aliphatic hydroxyl groups is 1. The smallest absolute Gasteiger partial charge is 0.148 e. The van der Waals surface area contributed by atoms with Crippen LogP contribution in [0.25, 0.3) is 16.6 Å². The number of imidazole rings is 1. The Hall–Kier alpha value is -3.28. The van der Waals surface area contributed by atoms with Crippen molar-refractivity contribution in [2.45, 2.75) is 27.3 Å². The number of aryl methyl sites for hydroxylation is 1. The Balaban J connectivity index is 1.67. The van der Waals surface area contributed by atoms with Gasteiger partial charge in [-0.1, -0.05) is 12.1 Å². The van der Waals surface area contributed by atoms with Gasteiger partial charge in [0.25, 0.3) is 0 Å². The van der Waals surface area contributed by atoms with Crippen molar-refractivity contribution < 1.29 is 5.11 Å². The summed E-state index contributed by atoms with van der Waals surface area (Å²) < 4.78 is 2.06. The van der Waals surface area contributed by atoms with Crippen molar-refractivity contribution in [1.29, 1.82) is 5.41 Å². The van der Waals surface area contributed by atoms with Crippen LogP contribution >= 0.6 is 0 Å². The van der Waals surface area contributed by atoms with E-state index >= 15 is 0 Å². The van der Waals surface area contributed by atoms with Gasteiger partial charge in [-0.3, -0.25) is 5.41 Å². The Labute approximate surface area is 171 Å². The molecule has 29 heavy (non-hydrogen) atoms. The normalized spacial score (nSPS) is 14.3. The van der Waals surface area contributed by atoms with Gasteiger partial charge in [0.1, 0.15) is 17.4 Å². The van der Waals surface area contributed by atoms with Crippen LogP contribution in [0.2, 0.25) is 0 Å². The zero-order chi connectivity index (χ0) is 20.5. The van der Waals surface area contributed by atoms with Crippen LogP contribution in [0.1, 0.15) is 26.6 Å². The molecule has 2 aromatic carbocycles. The SMILES string of the molecule is CCN(CC)c1ccc(N2CC(O)=C(c3nc4ccccc4n3CC)C2=N)cc1. The highest BCUT2D eigenvalue weighted by Crippen LogP contribution is 2.33. The maximum atomic E-state index is 10.7. The standard InChI is InChI=1S/C23H27N5O/c1-4-26(5-2)16-11-13-17(14-12-16)28-15-20(29)21(22(28)24)23-25-18-9-7-8-10-19(18)27(23)6-3/h7-14,24,29H,4-6,15H2,1-3H3. The van der Waals surface area contributed by atoms with E-state index in [9.17, 15) is 5.11 Å². The van der Waals surface area contributed by atoms with Gasteiger partial charge in [-0.2, -0.15) is 0 Å². The van der Waals surface area contributed by atoms with E-state index in [-0.39, 0.29) is 18.1 Å². The molecule has 6 heteroatoms. The maximum absolute atomic E-state index is 10.7. The highest BCUT2D eigenvalue weighted by atomic mass is 16.3. The monoisotopic (exact) mass is 389 g/mol. The summed E-state index contributed by atoms with van der Waals surface area (Å²) in [6, 6.07) is 16.1. The molecule has 0 aliphatic carbocycles. The van der Waals surface area contributed by atoms with Crippen LogP contribution in [-0.4, -0.2) is 40.1 Å². The molecule has 2 heterocycles. The van der Waals surface area contributed by atoms with Crippen LogP contribution in [-0.2, 0) is 6.54 Å². The first-order chi connectivity index (χ1) is 14.1. The fourth-order valence-corrected chi connectivity index (χ4v) is 4.05. The van der Waals surface area contributed by atoms with Gasteiger partial charge in [-0.15, -0.1) is 0 Å². The van der Waals surface area contributed by atoms with Gasteiger partial charge in [-0.25, -0.2) is 4.98 Å². The molecule has 0 atom stereocenters. The van der Waals surface area contributed by atoms with Gasteiger partial charge in [-0.05, 0) is 57.2 Å². The number of aromatic nitrogens is 2. The van der Waals surface area contributed by atoms with E-state index in [0.717, 1.165) is 42.0 Å². The molecule has 1 aliphatic rings. The van der Waals surface area contributed by atoms with Crippen molar-refractivity contribution >= 4 is 33.8 Å². The molecule has 1 aromatic heterocycles. The zero-order valence-electron chi connectivity index (χ0n) is 17.2. The van der Waals surface area contributed by atoms with E-state index in [4.69, 9.17) is 10.4 Å². The Kier molecular flexibility index (Phi) is 5.01. The second-order valence-corrected chi connectivity index (χ2v) is 7.11. The Morgan fingerprint density at radius 2 is 1.72 bits per heavy atom.